The maximum Gasteiger partial charge on any atom is 0.265 e. The van der Waals surface area contributed by atoms with E-state index in [1.807, 2.05) is 0 Å². The zero-order valence-electron chi connectivity index (χ0n) is 10.7. The van der Waals surface area contributed by atoms with Gasteiger partial charge in [0.25, 0.3) is 10.0 Å². The van der Waals surface area contributed by atoms with Crippen molar-refractivity contribution in [3.8, 4) is 0 Å². The third-order valence-corrected chi connectivity index (χ3v) is 3.74. The van der Waals surface area contributed by atoms with Gasteiger partial charge >= 0.3 is 0 Å². The highest BCUT2D eigenvalue weighted by molar-refractivity contribution is 7.92. The van der Waals surface area contributed by atoms with Crippen LogP contribution in [0.15, 0.2) is 23.5 Å². The van der Waals surface area contributed by atoms with E-state index in [1.54, 1.807) is 27.2 Å². The zero-order chi connectivity index (χ0) is 14.0. The van der Waals surface area contributed by atoms with E-state index in [0.29, 0.717) is 17.3 Å². The fraction of sp³-hybridized carbons (Fsp3) is 0.300. The molecule has 0 fully saturated rings. The Kier molecular flexibility index (Phi) is 3.38. The Labute approximate surface area is 110 Å². The van der Waals surface area contributed by atoms with Crippen LogP contribution < -0.4 is 10.0 Å². The summed E-state index contributed by atoms with van der Waals surface area (Å²) in [6.07, 6.45) is 4.08. The number of nitrogens with zero attached hydrogens (tertiary/aromatic N) is 4. The van der Waals surface area contributed by atoms with E-state index in [9.17, 15) is 8.42 Å². The molecule has 0 unspecified atom stereocenters. The van der Waals surface area contributed by atoms with Gasteiger partial charge in [-0.3, -0.25) is 9.40 Å². The summed E-state index contributed by atoms with van der Waals surface area (Å²) in [5.74, 6) is 0.358. The minimum Gasteiger partial charge on any atom is -0.357 e. The van der Waals surface area contributed by atoms with Gasteiger partial charge in [-0.15, -0.1) is 0 Å². The van der Waals surface area contributed by atoms with Crippen LogP contribution in [-0.2, 0) is 17.1 Å². The summed E-state index contributed by atoms with van der Waals surface area (Å²) in [5, 5.41) is 6.78. The van der Waals surface area contributed by atoms with Gasteiger partial charge in [0.05, 0.1) is 23.8 Å². The van der Waals surface area contributed by atoms with Crippen LogP contribution in [-0.4, -0.2) is 35.2 Å². The van der Waals surface area contributed by atoms with E-state index in [4.69, 9.17) is 0 Å². The largest absolute Gasteiger partial charge is 0.357 e. The molecule has 19 heavy (non-hydrogen) atoms. The number of hydrogen-bond acceptors (Lipinski definition) is 6. The third kappa shape index (κ3) is 2.81. The zero-order valence-corrected chi connectivity index (χ0v) is 11.6. The summed E-state index contributed by atoms with van der Waals surface area (Å²) in [5.41, 5.74) is 1.03. The van der Waals surface area contributed by atoms with Gasteiger partial charge in [-0.2, -0.15) is 5.10 Å². The van der Waals surface area contributed by atoms with Crippen molar-refractivity contribution in [2.45, 2.75) is 11.8 Å². The van der Waals surface area contributed by atoms with Crippen LogP contribution in [0.25, 0.3) is 0 Å². The number of aromatic nitrogens is 4. The summed E-state index contributed by atoms with van der Waals surface area (Å²) in [7, 11) is -0.332. The lowest BCUT2D eigenvalue weighted by atomic mass is 10.4. The van der Waals surface area contributed by atoms with Crippen LogP contribution in [0.1, 0.15) is 5.69 Å². The van der Waals surface area contributed by atoms with Crippen molar-refractivity contribution in [1.82, 2.24) is 19.7 Å². The van der Waals surface area contributed by atoms with Gasteiger partial charge in [-0.05, 0) is 6.92 Å². The summed E-state index contributed by atoms with van der Waals surface area (Å²) in [4.78, 5) is 7.74. The number of hydrogen-bond donors (Lipinski definition) is 2. The van der Waals surface area contributed by atoms with Gasteiger partial charge in [-0.1, -0.05) is 0 Å². The molecule has 0 saturated carbocycles. The van der Waals surface area contributed by atoms with Gasteiger partial charge in [0.1, 0.15) is 4.90 Å². The quantitative estimate of drug-likeness (QED) is 0.839. The predicted molar refractivity (Wildman–Crippen MR) is 70.3 cm³/mol. The van der Waals surface area contributed by atoms with Crippen molar-refractivity contribution in [3.63, 3.8) is 0 Å². The lowest BCUT2D eigenvalue weighted by Gasteiger charge is -2.06. The summed E-state index contributed by atoms with van der Waals surface area (Å²) in [6, 6.07) is 0. The van der Waals surface area contributed by atoms with Crippen molar-refractivity contribution < 1.29 is 8.42 Å². The topological polar surface area (TPSA) is 102 Å². The van der Waals surface area contributed by atoms with E-state index in [0.717, 1.165) is 0 Å². The second-order valence-corrected chi connectivity index (χ2v) is 5.58. The smallest absolute Gasteiger partial charge is 0.265 e. The molecule has 0 aliphatic heterocycles. The maximum absolute atomic E-state index is 12.1. The average molecular weight is 282 g/mol. The molecule has 0 amide bonds. The molecule has 2 aromatic heterocycles. The number of nitrogens with one attached hydrogen (secondary N) is 2. The molecule has 102 valence electrons. The molecule has 2 aromatic rings. The van der Waals surface area contributed by atoms with Gasteiger partial charge < -0.3 is 5.32 Å². The molecule has 0 aliphatic rings. The Morgan fingerprint density at radius 2 is 1.89 bits per heavy atom. The number of rotatable bonds is 4. The fourth-order valence-electron chi connectivity index (χ4n) is 1.49. The summed E-state index contributed by atoms with van der Waals surface area (Å²) >= 11 is 0. The van der Waals surface area contributed by atoms with Gasteiger partial charge in [-0.25, -0.2) is 18.4 Å². The average Bonchev–Trinajstić information content (AvgIpc) is 2.67. The van der Waals surface area contributed by atoms with Crippen molar-refractivity contribution in [1.29, 1.82) is 0 Å². The molecule has 0 saturated heterocycles. The maximum atomic E-state index is 12.1. The van der Waals surface area contributed by atoms with E-state index in [2.05, 4.69) is 25.1 Å². The van der Waals surface area contributed by atoms with Crippen LogP contribution in [0.2, 0.25) is 0 Å². The molecule has 0 aromatic carbocycles. The molecular formula is C10H14N6O2S. The molecule has 9 heteroatoms. The van der Waals surface area contributed by atoms with Crippen LogP contribution in [0.4, 0.5) is 11.6 Å². The second-order valence-electron chi connectivity index (χ2n) is 3.90. The molecule has 0 bridgehead atoms. The highest BCUT2D eigenvalue weighted by atomic mass is 32.2. The van der Waals surface area contributed by atoms with Crippen LogP contribution in [0, 0.1) is 6.92 Å². The first-order chi connectivity index (χ1) is 8.92. The van der Waals surface area contributed by atoms with Crippen LogP contribution in [0.5, 0.6) is 0 Å². The van der Waals surface area contributed by atoms with E-state index < -0.39 is 10.0 Å². The highest BCUT2D eigenvalue weighted by Crippen LogP contribution is 2.17. The lowest BCUT2D eigenvalue weighted by Crippen LogP contribution is -2.14. The van der Waals surface area contributed by atoms with Crippen molar-refractivity contribution in [3.05, 3.63) is 24.3 Å². The Morgan fingerprint density at radius 3 is 2.37 bits per heavy atom. The normalized spacial score (nSPS) is 11.3. The molecule has 2 heterocycles. The number of anilines is 2. The summed E-state index contributed by atoms with van der Waals surface area (Å²) in [6.45, 7) is 1.72. The van der Waals surface area contributed by atoms with Crippen LogP contribution >= 0.6 is 0 Å². The molecule has 0 atom stereocenters. The Morgan fingerprint density at radius 1 is 1.26 bits per heavy atom. The van der Waals surface area contributed by atoms with Crippen molar-refractivity contribution in [2.75, 3.05) is 17.1 Å². The first-order valence-electron chi connectivity index (χ1n) is 5.45. The first kappa shape index (κ1) is 13.3. The lowest BCUT2D eigenvalue weighted by molar-refractivity contribution is 0.600. The number of aryl methyl sites for hydroxylation is 2. The Hall–Kier alpha value is -2.16. The van der Waals surface area contributed by atoms with Gasteiger partial charge in [0.2, 0.25) is 5.95 Å². The minimum atomic E-state index is -3.70. The van der Waals surface area contributed by atoms with E-state index in [-0.39, 0.29) is 4.90 Å². The van der Waals surface area contributed by atoms with E-state index >= 15 is 0 Å². The second kappa shape index (κ2) is 4.84. The Bertz CT molecular complexity index is 677. The standard InChI is InChI=1S/C10H14N6O2S/c1-7-9(6-16(3)14-7)15-19(17,18)8-4-12-10(11-2)13-5-8/h4-6,15H,1-3H3,(H,11,12,13). The molecule has 0 aliphatic carbocycles. The first-order valence-corrected chi connectivity index (χ1v) is 6.93. The SMILES string of the molecule is CNc1ncc(S(=O)(=O)Nc2cn(C)nc2C)cn1. The highest BCUT2D eigenvalue weighted by Gasteiger charge is 2.17. The van der Waals surface area contributed by atoms with Gasteiger partial charge in [0, 0.05) is 20.3 Å². The van der Waals surface area contributed by atoms with Crippen LogP contribution in [0.3, 0.4) is 0 Å². The fourth-order valence-corrected chi connectivity index (χ4v) is 2.48. The Balaban J connectivity index is 2.29. The van der Waals surface area contributed by atoms with Crippen molar-refractivity contribution in [2.24, 2.45) is 7.05 Å². The third-order valence-electron chi connectivity index (χ3n) is 2.42. The van der Waals surface area contributed by atoms with Gasteiger partial charge in [0.15, 0.2) is 0 Å². The molecule has 0 spiro atoms. The molecule has 8 nitrogen and oxygen atoms in total. The van der Waals surface area contributed by atoms with E-state index in [1.165, 1.54) is 17.1 Å². The number of sulfonamides is 1. The molecule has 0 radical (unpaired) electrons. The summed E-state index contributed by atoms with van der Waals surface area (Å²) < 4.78 is 28.2. The molecule has 2 rings (SSSR count). The monoisotopic (exact) mass is 282 g/mol. The molecule has 2 N–H and O–H groups in total. The molecular weight excluding hydrogens is 268 g/mol. The minimum absolute atomic E-state index is 0.00486. The predicted octanol–water partition coefficient (Wildman–Crippen LogP) is 0.361. The van der Waals surface area contributed by atoms with Crippen molar-refractivity contribution >= 4 is 21.7 Å².